The number of hydrogen-bond acceptors (Lipinski definition) is 3. The van der Waals surface area contributed by atoms with Gasteiger partial charge in [0.2, 0.25) is 0 Å². The summed E-state index contributed by atoms with van der Waals surface area (Å²) in [6, 6.07) is 7.09. The molecule has 0 aliphatic rings. The molecular weight excluding hydrogens is 294 g/mol. The Morgan fingerprint density at radius 2 is 2.04 bits per heavy atom. The van der Waals surface area contributed by atoms with E-state index in [4.69, 9.17) is 9.47 Å². The fraction of sp³-hybridized carbons (Fsp3) is 0.353. The van der Waals surface area contributed by atoms with E-state index in [1.54, 1.807) is 20.3 Å². The Labute approximate surface area is 136 Å². The maximum atomic E-state index is 12.0. The standard InChI is InChI=1S/C17H23N3O3/c1-12(15-6-5-14(22-3)9-16(15)23-4)19-17(21)18-10-13-7-8-20(2)11-13/h5-9,11-12H,10H2,1-4H3,(H2,18,19,21)/t12-/m0/s1. The van der Waals surface area contributed by atoms with Crippen molar-refractivity contribution in [1.82, 2.24) is 15.2 Å². The minimum Gasteiger partial charge on any atom is -0.497 e. The normalized spacial score (nSPS) is 11.7. The van der Waals surface area contributed by atoms with E-state index in [9.17, 15) is 4.79 Å². The maximum Gasteiger partial charge on any atom is 0.315 e. The van der Waals surface area contributed by atoms with Crippen LogP contribution in [-0.2, 0) is 13.6 Å². The molecule has 6 heteroatoms. The Hall–Kier alpha value is -2.63. The average molecular weight is 317 g/mol. The minimum absolute atomic E-state index is 0.188. The number of benzene rings is 1. The number of nitrogens with one attached hydrogen (secondary N) is 2. The molecule has 2 amide bonds. The number of aromatic nitrogens is 1. The first-order valence-electron chi connectivity index (χ1n) is 7.40. The molecule has 6 nitrogen and oxygen atoms in total. The molecule has 1 aromatic heterocycles. The Balaban J connectivity index is 1.95. The summed E-state index contributed by atoms with van der Waals surface area (Å²) in [5.74, 6) is 1.39. The lowest BCUT2D eigenvalue weighted by molar-refractivity contribution is 0.237. The highest BCUT2D eigenvalue weighted by molar-refractivity contribution is 5.74. The van der Waals surface area contributed by atoms with E-state index in [0.29, 0.717) is 18.0 Å². The van der Waals surface area contributed by atoms with Gasteiger partial charge < -0.3 is 24.7 Å². The summed E-state index contributed by atoms with van der Waals surface area (Å²) in [6.45, 7) is 2.39. The number of nitrogens with zero attached hydrogens (tertiary/aromatic N) is 1. The molecule has 2 N–H and O–H groups in total. The third-order valence-corrected chi connectivity index (χ3v) is 3.60. The van der Waals surface area contributed by atoms with Crippen LogP contribution in [0.2, 0.25) is 0 Å². The molecule has 0 unspecified atom stereocenters. The van der Waals surface area contributed by atoms with Crippen LogP contribution in [0.1, 0.15) is 24.1 Å². The summed E-state index contributed by atoms with van der Waals surface area (Å²) in [5, 5.41) is 5.75. The van der Waals surface area contributed by atoms with Gasteiger partial charge >= 0.3 is 6.03 Å². The zero-order chi connectivity index (χ0) is 16.8. The smallest absolute Gasteiger partial charge is 0.315 e. The van der Waals surface area contributed by atoms with Gasteiger partial charge in [-0.3, -0.25) is 0 Å². The van der Waals surface area contributed by atoms with Crippen LogP contribution < -0.4 is 20.1 Å². The van der Waals surface area contributed by atoms with Gasteiger partial charge in [0.15, 0.2) is 0 Å². The third kappa shape index (κ3) is 4.42. The Bertz CT molecular complexity index is 667. The van der Waals surface area contributed by atoms with Gasteiger partial charge in [0.1, 0.15) is 11.5 Å². The van der Waals surface area contributed by atoms with E-state index in [-0.39, 0.29) is 12.1 Å². The van der Waals surface area contributed by atoms with Gasteiger partial charge in [-0.25, -0.2) is 4.79 Å². The second kappa shape index (κ2) is 7.58. The number of hydrogen-bond donors (Lipinski definition) is 2. The molecule has 0 saturated heterocycles. The second-order valence-corrected chi connectivity index (χ2v) is 5.34. The van der Waals surface area contributed by atoms with Crippen LogP contribution in [0, 0.1) is 0 Å². The fourth-order valence-electron chi connectivity index (χ4n) is 2.35. The molecule has 124 valence electrons. The molecule has 0 aliphatic carbocycles. The van der Waals surface area contributed by atoms with Gasteiger partial charge in [-0.05, 0) is 30.7 Å². The number of methoxy groups -OCH3 is 2. The van der Waals surface area contributed by atoms with Crippen LogP contribution in [-0.4, -0.2) is 24.8 Å². The van der Waals surface area contributed by atoms with Crippen molar-refractivity contribution in [3.8, 4) is 11.5 Å². The molecule has 0 spiro atoms. The van der Waals surface area contributed by atoms with E-state index >= 15 is 0 Å². The summed E-state index contributed by atoms with van der Waals surface area (Å²) >= 11 is 0. The molecule has 2 aromatic rings. The summed E-state index contributed by atoms with van der Waals surface area (Å²) in [6.07, 6.45) is 3.91. The van der Waals surface area contributed by atoms with Gasteiger partial charge in [0.05, 0.1) is 20.3 Å². The molecule has 23 heavy (non-hydrogen) atoms. The molecule has 1 heterocycles. The van der Waals surface area contributed by atoms with Crippen molar-refractivity contribution in [1.29, 1.82) is 0 Å². The molecule has 0 bridgehead atoms. The van der Waals surface area contributed by atoms with Gasteiger partial charge in [0, 0.05) is 37.6 Å². The van der Waals surface area contributed by atoms with E-state index in [0.717, 1.165) is 11.1 Å². The highest BCUT2D eigenvalue weighted by Gasteiger charge is 2.14. The van der Waals surface area contributed by atoms with Gasteiger partial charge in [0.25, 0.3) is 0 Å². The zero-order valence-electron chi connectivity index (χ0n) is 13.9. The zero-order valence-corrected chi connectivity index (χ0v) is 13.9. The molecule has 0 radical (unpaired) electrons. The van der Waals surface area contributed by atoms with Gasteiger partial charge in [-0.2, -0.15) is 0 Å². The fourth-order valence-corrected chi connectivity index (χ4v) is 2.35. The van der Waals surface area contributed by atoms with Crippen LogP contribution in [0.15, 0.2) is 36.7 Å². The van der Waals surface area contributed by atoms with Crippen molar-refractivity contribution in [3.05, 3.63) is 47.8 Å². The Morgan fingerprint density at radius 1 is 1.26 bits per heavy atom. The number of carbonyl (C=O) groups is 1. The quantitative estimate of drug-likeness (QED) is 0.861. The molecule has 0 fully saturated rings. The monoisotopic (exact) mass is 317 g/mol. The van der Waals surface area contributed by atoms with Crippen LogP contribution in [0.4, 0.5) is 4.79 Å². The molecular formula is C17H23N3O3. The first-order chi connectivity index (χ1) is 11.0. The van der Waals surface area contributed by atoms with Crippen molar-refractivity contribution in [2.45, 2.75) is 19.5 Å². The van der Waals surface area contributed by atoms with Crippen molar-refractivity contribution >= 4 is 6.03 Å². The van der Waals surface area contributed by atoms with Crippen molar-refractivity contribution in [2.24, 2.45) is 7.05 Å². The lowest BCUT2D eigenvalue weighted by atomic mass is 10.1. The van der Waals surface area contributed by atoms with Crippen LogP contribution in [0.25, 0.3) is 0 Å². The first kappa shape index (κ1) is 16.7. The topological polar surface area (TPSA) is 64.5 Å². The van der Waals surface area contributed by atoms with Crippen molar-refractivity contribution in [3.63, 3.8) is 0 Å². The van der Waals surface area contributed by atoms with E-state index < -0.39 is 0 Å². The molecule has 0 saturated carbocycles. The highest BCUT2D eigenvalue weighted by Crippen LogP contribution is 2.29. The highest BCUT2D eigenvalue weighted by atomic mass is 16.5. The molecule has 0 aliphatic heterocycles. The molecule has 1 atom stereocenters. The van der Waals surface area contributed by atoms with Crippen molar-refractivity contribution < 1.29 is 14.3 Å². The molecule has 1 aromatic carbocycles. The predicted octanol–water partition coefficient (Wildman–Crippen LogP) is 2.60. The predicted molar refractivity (Wildman–Crippen MR) is 88.7 cm³/mol. The average Bonchev–Trinajstić information content (AvgIpc) is 2.97. The van der Waals surface area contributed by atoms with Crippen LogP contribution in [0.3, 0.4) is 0 Å². The third-order valence-electron chi connectivity index (χ3n) is 3.60. The van der Waals surface area contributed by atoms with Crippen LogP contribution in [0.5, 0.6) is 11.5 Å². The summed E-state index contributed by atoms with van der Waals surface area (Å²) in [7, 11) is 5.15. The maximum absolute atomic E-state index is 12.0. The number of aryl methyl sites for hydroxylation is 1. The lowest BCUT2D eigenvalue weighted by Gasteiger charge is -2.18. The van der Waals surface area contributed by atoms with E-state index in [2.05, 4.69) is 10.6 Å². The van der Waals surface area contributed by atoms with Crippen LogP contribution >= 0.6 is 0 Å². The number of rotatable bonds is 6. The van der Waals surface area contributed by atoms with Crippen molar-refractivity contribution in [2.75, 3.05) is 14.2 Å². The first-order valence-corrected chi connectivity index (χ1v) is 7.40. The Morgan fingerprint density at radius 3 is 2.65 bits per heavy atom. The number of ether oxygens (including phenoxy) is 2. The SMILES string of the molecule is COc1ccc([C@H](C)NC(=O)NCc2ccn(C)c2)c(OC)c1. The second-order valence-electron chi connectivity index (χ2n) is 5.34. The summed E-state index contributed by atoms with van der Waals surface area (Å²) < 4.78 is 12.5. The molecule has 2 rings (SSSR count). The van der Waals surface area contributed by atoms with E-state index in [1.165, 1.54) is 0 Å². The number of amides is 2. The van der Waals surface area contributed by atoms with Gasteiger partial charge in [-0.15, -0.1) is 0 Å². The van der Waals surface area contributed by atoms with Gasteiger partial charge in [-0.1, -0.05) is 0 Å². The summed E-state index contributed by atoms with van der Waals surface area (Å²) in [5.41, 5.74) is 1.94. The number of carbonyl (C=O) groups excluding carboxylic acids is 1. The Kier molecular flexibility index (Phi) is 5.51. The minimum atomic E-state index is -0.223. The van der Waals surface area contributed by atoms with E-state index in [1.807, 2.05) is 49.1 Å². The lowest BCUT2D eigenvalue weighted by Crippen LogP contribution is -2.36. The largest absolute Gasteiger partial charge is 0.497 e. The number of urea groups is 1. The summed E-state index contributed by atoms with van der Waals surface area (Å²) in [4.78, 5) is 12.0.